The van der Waals surface area contributed by atoms with Gasteiger partial charge in [-0.2, -0.15) is 10.1 Å². The molecule has 0 aliphatic carbocycles. The lowest BCUT2D eigenvalue weighted by molar-refractivity contribution is 0.0691. The van der Waals surface area contributed by atoms with Gasteiger partial charge in [0.25, 0.3) is 5.95 Å². The predicted octanol–water partition coefficient (Wildman–Crippen LogP) is 1.73. The second-order valence-corrected chi connectivity index (χ2v) is 5.18. The molecule has 118 valence electrons. The van der Waals surface area contributed by atoms with Crippen LogP contribution in [0.25, 0.3) is 11.8 Å². The van der Waals surface area contributed by atoms with Crippen LogP contribution in [0, 0.1) is 13.8 Å². The molecule has 0 aliphatic rings. The van der Waals surface area contributed by atoms with Crippen LogP contribution >= 0.6 is 0 Å². The number of rotatable bonds is 4. The highest BCUT2D eigenvalue weighted by Gasteiger charge is 2.13. The average molecular weight is 312 g/mol. The number of hydrogen-bond donors (Lipinski definition) is 1. The third-order valence-corrected chi connectivity index (χ3v) is 3.38. The lowest BCUT2D eigenvalue weighted by atomic mass is 10.3. The summed E-state index contributed by atoms with van der Waals surface area (Å²) < 4.78 is 3.24. The van der Waals surface area contributed by atoms with Gasteiger partial charge in [0.2, 0.25) is 0 Å². The summed E-state index contributed by atoms with van der Waals surface area (Å²) in [7, 11) is 0. The number of nitrogens with zero attached hydrogens (tertiary/aromatic N) is 6. The van der Waals surface area contributed by atoms with Gasteiger partial charge in [-0.05, 0) is 26.3 Å². The molecule has 0 aliphatic heterocycles. The van der Waals surface area contributed by atoms with Crippen molar-refractivity contribution in [3.8, 4) is 11.8 Å². The smallest absolute Gasteiger partial charge is 0.356 e. The summed E-state index contributed by atoms with van der Waals surface area (Å²) in [5.74, 6) is -0.0674. The third-order valence-electron chi connectivity index (χ3n) is 3.38. The number of carboxylic acid groups (broad SMARTS) is 1. The van der Waals surface area contributed by atoms with E-state index >= 15 is 0 Å². The quantitative estimate of drug-likeness (QED) is 0.787. The molecule has 3 aromatic heterocycles. The van der Waals surface area contributed by atoms with Crippen molar-refractivity contribution >= 4 is 5.97 Å². The van der Waals surface area contributed by atoms with Crippen molar-refractivity contribution < 1.29 is 9.90 Å². The zero-order valence-electron chi connectivity index (χ0n) is 13.1. The van der Waals surface area contributed by atoms with E-state index < -0.39 is 5.97 Å². The lowest BCUT2D eigenvalue weighted by Gasteiger charge is -2.08. The summed E-state index contributed by atoms with van der Waals surface area (Å²) in [6.07, 6.45) is 3.58. The number of carbonyl (C=O) groups is 1. The largest absolute Gasteiger partial charge is 0.476 e. The average Bonchev–Trinajstić information content (AvgIpc) is 3.13. The minimum absolute atomic E-state index is 0.0330. The topological polar surface area (TPSA) is 98.7 Å². The molecule has 0 aromatic carbocycles. The predicted molar refractivity (Wildman–Crippen MR) is 82.1 cm³/mol. The molecule has 0 saturated carbocycles. The summed E-state index contributed by atoms with van der Waals surface area (Å²) in [6.45, 7) is 5.83. The summed E-state index contributed by atoms with van der Waals surface area (Å²) in [6, 6.07) is 3.75. The number of aromatic carboxylic acids is 1. The molecule has 0 unspecified atom stereocenters. The zero-order valence-corrected chi connectivity index (χ0v) is 13.1. The summed E-state index contributed by atoms with van der Waals surface area (Å²) in [5.41, 5.74) is 2.61. The minimum atomic E-state index is -1.08. The lowest BCUT2D eigenvalue weighted by Crippen LogP contribution is -2.10. The van der Waals surface area contributed by atoms with Crippen LogP contribution in [-0.4, -0.2) is 40.4 Å². The fourth-order valence-corrected chi connectivity index (χ4v) is 2.27. The van der Waals surface area contributed by atoms with E-state index in [1.165, 1.54) is 12.5 Å². The number of aromatic nitrogens is 6. The molecule has 23 heavy (non-hydrogen) atoms. The van der Waals surface area contributed by atoms with Crippen molar-refractivity contribution in [1.29, 1.82) is 0 Å². The van der Waals surface area contributed by atoms with Gasteiger partial charge in [-0.3, -0.25) is 4.57 Å². The van der Waals surface area contributed by atoms with E-state index in [1.54, 1.807) is 9.25 Å². The highest BCUT2D eigenvalue weighted by Crippen LogP contribution is 2.14. The number of carboxylic acids is 1. The first kappa shape index (κ1) is 14.9. The molecular weight excluding hydrogens is 296 g/mol. The van der Waals surface area contributed by atoms with E-state index in [9.17, 15) is 4.79 Å². The molecule has 3 heterocycles. The Labute approximate surface area is 132 Å². The minimum Gasteiger partial charge on any atom is -0.476 e. The van der Waals surface area contributed by atoms with Crippen LogP contribution in [0.15, 0.2) is 24.7 Å². The molecule has 0 fully saturated rings. The summed E-state index contributed by atoms with van der Waals surface area (Å²) in [5, 5.41) is 13.4. The van der Waals surface area contributed by atoms with E-state index in [4.69, 9.17) is 5.11 Å². The number of imidazole rings is 1. The van der Waals surface area contributed by atoms with Gasteiger partial charge in [-0.1, -0.05) is 6.92 Å². The van der Waals surface area contributed by atoms with Crippen molar-refractivity contribution in [2.75, 3.05) is 0 Å². The fraction of sp³-hybridized carbons (Fsp3) is 0.267. The molecule has 3 aromatic rings. The van der Waals surface area contributed by atoms with Gasteiger partial charge in [-0.25, -0.2) is 19.4 Å². The van der Waals surface area contributed by atoms with Gasteiger partial charge in [0.05, 0.1) is 5.69 Å². The van der Waals surface area contributed by atoms with E-state index in [2.05, 4.69) is 20.1 Å². The van der Waals surface area contributed by atoms with Gasteiger partial charge in [0, 0.05) is 23.7 Å². The molecule has 1 N–H and O–H groups in total. The van der Waals surface area contributed by atoms with Crippen LogP contribution < -0.4 is 0 Å². The van der Waals surface area contributed by atoms with Gasteiger partial charge in [-0.15, -0.1) is 0 Å². The van der Waals surface area contributed by atoms with Gasteiger partial charge in [0.15, 0.2) is 5.69 Å². The first-order valence-corrected chi connectivity index (χ1v) is 7.17. The summed E-state index contributed by atoms with van der Waals surface area (Å²) in [4.78, 5) is 23.8. The molecular formula is C15H16N6O2. The van der Waals surface area contributed by atoms with Crippen LogP contribution in [0.1, 0.15) is 34.5 Å². The molecule has 8 nitrogen and oxygen atoms in total. The van der Waals surface area contributed by atoms with Crippen LogP contribution in [0.5, 0.6) is 0 Å². The highest BCUT2D eigenvalue weighted by atomic mass is 16.4. The zero-order chi connectivity index (χ0) is 16.6. The Bertz CT molecular complexity index is 880. The Morgan fingerprint density at radius 1 is 1.26 bits per heavy atom. The number of aryl methyl sites for hydroxylation is 3. The molecule has 0 atom stereocenters. The Hall–Kier alpha value is -3.03. The van der Waals surface area contributed by atoms with E-state index in [-0.39, 0.29) is 5.69 Å². The Morgan fingerprint density at radius 2 is 2.04 bits per heavy atom. The standard InChI is InChI=1S/C15H16N6O2/c1-4-11-6-13(20-7-12(14(22)23)16-8-20)18-15(17-11)21-10(3)5-9(2)19-21/h5-8H,4H2,1-3H3,(H,22,23). The number of hydrogen-bond acceptors (Lipinski definition) is 5. The SMILES string of the molecule is CCc1cc(-n2cnc(C(=O)O)c2)nc(-n2nc(C)cc2C)n1. The maximum absolute atomic E-state index is 11.0. The summed E-state index contributed by atoms with van der Waals surface area (Å²) >= 11 is 0. The molecule has 0 amide bonds. The first-order chi connectivity index (χ1) is 11.0. The Morgan fingerprint density at radius 3 is 2.61 bits per heavy atom. The second kappa shape index (κ2) is 5.64. The van der Waals surface area contributed by atoms with Gasteiger partial charge < -0.3 is 5.11 Å². The van der Waals surface area contributed by atoms with Gasteiger partial charge >= 0.3 is 5.97 Å². The molecule has 3 rings (SSSR count). The Balaban J connectivity index is 2.12. The fourth-order valence-electron chi connectivity index (χ4n) is 2.27. The second-order valence-electron chi connectivity index (χ2n) is 5.18. The van der Waals surface area contributed by atoms with Crippen LogP contribution in [0.2, 0.25) is 0 Å². The van der Waals surface area contributed by atoms with E-state index in [0.717, 1.165) is 23.5 Å². The third kappa shape index (κ3) is 2.83. The monoisotopic (exact) mass is 312 g/mol. The highest BCUT2D eigenvalue weighted by molar-refractivity contribution is 5.85. The van der Waals surface area contributed by atoms with Crippen molar-refractivity contribution in [3.63, 3.8) is 0 Å². The molecule has 8 heteroatoms. The molecule has 0 saturated heterocycles. The molecule has 0 radical (unpaired) electrons. The normalized spacial score (nSPS) is 10.9. The van der Waals surface area contributed by atoms with Crippen molar-refractivity contribution in [2.24, 2.45) is 0 Å². The Kier molecular flexibility index (Phi) is 3.65. The van der Waals surface area contributed by atoms with E-state index in [1.807, 2.05) is 32.9 Å². The van der Waals surface area contributed by atoms with E-state index in [0.29, 0.717) is 11.8 Å². The molecule has 0 bridgehead atoms. The maximum atomic E-state index is 11.0. The van der Waals surface area contributed by atoms with Crippen molar-refractivity contribution in [3.05, 3.63) is 47.4 Å². The maximum Gasteiger partial charge on any atom is 0.356 e. The van der Waals surface area contributed by atoms with Crippen LogP contribution in [0.4, 0.5) is 0 Å². The van der Waals surface area contributed by atoms with Crippen molar-refractivity contribution in [2.45, 2.75) is 27.2 Å². The van der Waals surface area contributed by atoms with Crippen molar-refractivity contribution in [1.82, 2.24) is 29.3 Å². The van der Waals surface area contributed by atoms with Crippen LogP contribution in [-0.2, 0) is 6.42 Å². The van der Waals surface area contributed by atoms with Gasteiger partial charge in [0.1, 0.15) is 12.1 Å². The first-order valence-electron chi connectivity index (χ1n) is 7.17. The molecule has 0 spiro atoms. The van der Waals surface area contributed by atoms with Crippen LogP contribution in [0.3, 0.4) is 0 Å².